The molecule has 0 atom stereocenters. The van der Waals surface area contributed by atoms with Crippen LogP contribution in [0.1, 0.15) is 16.2 Å². The van der Waals surface area contributed by atoms with E-state index < -0.39 is 16.7 Å². The Hall–Kier alpha value is -4.01. The highest BCUT2D eigenvalue weighted by Crippen LogP contribution is 2.15. The molecule has 0 bridgehead atoms. The van der Waals surface area contributed by atoms with Crippen molar-refractivity contribution in [1.82, 2.24) is 15.8 Å². The third-order valence-electron chi connectivity index (χ3n) is 3.33. The van der Waals surface area contributed by atoms with Crippen LogP contribution in [0.3, 0.4) is 0 Å². The number of nitro groups is 1. The van der Waals surface area contributed by atoms with Crippen LogP contribution < -0.4 is 10.9 Å². The molecule has 0 spiro atoms. The second kappa shape index (κ2) is 7.26. The Balaban J connectivity index is 1.56. The summed E-state index contributed by atoms with van der Waals surface area (Å²) in [6, 6.07) is 12.1. The molecule has 2 N–H and O–H groups in total. The third-order valence-corrected chi connectivity index (χ3v) is 3.33. The number of fused-ring (bicyclic) bond motifs is 1. The van der Waals surface area contributed by atoms with Gasteiger partial charge in [-0.05, 0) is 24.3 Å². The van der Waals surface area contributed by atoms with Crippen molar-refractivity contribution >= 4 is 34.7 Å². The number of nitrogens with one attached hydrogen (secondary N) is 2. The molecule has 0 saturated carbocycles. The van der Waals surface area contributed by atoms with Crippen LogP contribution in [0, 0.1) is 10.1 Å². The molecular weight excluding hydrogens is 340 g/mol. The fraction of sp³-hybridized carbons (Fsp3) is 0. The first kappa shape index (κ1) is 16.8. The average molecular weight is 352 g/mol. The molecule has 1 heterocycles. The zero-order chi connectivity index (χ0) is 18.5. The van der Waals surface area contributed by atoms with Gasteiger partial charge in [-0.15, -0.1) is 0 Å². The van der Waals surface area contributed by atoms with Crippen LogP contribution in [0.5, 0.6) is 0 Å². The first-order valence-corrected chi connectivity index (χ1v) is 7.41. The highest BCUT2D eigenvalue weighted by Gasteiger charge is 2.10. The van der Waals surface area contributed by atoms with E-state index in [2.05, 4.69) is 15.8 Å². The summed E-state index contributed by atoms with van der Waals surface area (Å²) in [5.74, 6) is -0.950. The number of benzene rings is 2. The van der Waals surface area contributed by atoms with Gasteiger partial charge in [0, 0.05) is 29.8 Å². The van der Waals surface area contributed by atoms with Crippen LogP contribution >= 0.6 is 0 Å². The van der Waals surface area contributed by atoms with Crippen LogP contribution in [0.15, 0.2) is 59.0 Å². The third kappa shape index (κ3) is 3.90. The summed E-state index contributed by atoms with van der Waals surface area (Å²) in [4.78, 5) is 37.8. The second-order valence-electron chi connectivity index (χ2n) is 5.10. The quantitative estimate of drug-likeness (QED) is 0.421. The zero-order valence-corrected chi connectivity index (χ0v) is 13.2. The lowest BCUT2D eigenvalue weighted by molar-refractivity contribution is -0.384. The van der Waals surface area contributed by atoms with Gasteiger partial charge in [0.25, 0.3) is 17.5 Å². The smallest absolute Gasteiger partial charge is 0.269 e. The molecular formula is C17H12N4O5. The van der Waals surface area contributed by atoms with Crippen LogP contribution in [-0.4, -0.2) is 21.7 Å². The molecule has 2 aromatic carbocycles. The number of nitrogens with zero attached hydrogens (tertiary/aromatic N) is 2. The number of hydrogen-bond acceptors (Lipinski definition) is 6. The molecule has 9 heteroatoms. The number of non-ortho nitro benzene ring substituents is 1. The van der Waals surface area contributed by atoms with Gasteiger partial charge in [-0.3, -0.25) is 30.6 Å². The maximum absolute atomic E-state index is 11.9. The molecule has 26 heavy (non-hydrogen) atoms. The first-order valence-electron chi connectivity index (χ1n) is 7.41. The predicted octanol–water partition coefficient (Wildman–Crippen LogP) is 2.21. The number of aromatic nitrogens is 1. The van der Waals surface area contributed by atoms with Gasteiger partial charge in [-0.25, -0.2) is 4.98 Å². The van der Waals surface area contributed by atoms with Crippen molar-refractivity contribution in [3.8, 4) is 0 Å². The van der Waals surface area contributed by atoms with Crippen molar-refractivity contribution in [3.05, 3.63) is 76.2 Å². The minimum atomic E-state index is -0.608. The largest absolute Gasteiger partial charge is 0.437 e. The van der Waals surface area contributed by atoms with Gasteiger partial charge in [0.1, 0.15) is 5.52 Å². The summed E-state index contributed by atoms with van der Waals surface area (Å²) in [5.41, 5.74) is 5.69. The molecule has 3 aromatic rings. The Labute approximate surface area is 146 Å². The molecule has 130 valence electrons. The molecule has 1 aromatic heterocycles. The Bertz CT molecular complexity index is 974. The van der Waals surface area contributed by atoms with E-state index >= 15 is 0 Å². The van der Waals surface area contributed by atoms with E-state index in [0.717, 1.165) is 6.08 Å². The van der Waals surface area contributed by atoms with Crippen molar-refractivity contribution < 1.29 is 18.9 Å². The molecule has 0 unspecified atom stereocenters. The van der Waals surface area contributed by atoms with E-state index in [1.54, 1.807) is 18.2 Å². The Morgan fingerprint density at radius 3 is 2.50 bits per heavy atom. The topological polar surface area (TPSA) is 127 Å². The van der Waals surface area contributed by atoms with E-state index in [1.807, 2.05) is 6.07 Å². The summed E-state index contributed by atoms with van der Waals surface area (Å²) in [7, 11) is 0. The molecule has 0 radical (unpaired) electrons. The number of para-hydroxylation sites is 2. The molecule has 0 aliphatic rings. The summed E-state index contributed by atoms with van der Waals surface area (Å²) in [6.07, 6.45) is 2.52. The normalized spacial score (nSPS) is 10.8. The zero-order valence-electron chi connectivity index (χ0n) is 13.2. The van der Waals surface area contributed by atoms with Crippen molar-refractivity contribution in [1.29, 1.82) is 0 Å². The number of rotatable bonds is 4. The van der Waals surface area contributed by atoms with Gasteiger partial charge >= 0.3 is 0 Å². The first-order chi connectivity index (χ1) is 12.5. The monoisotopic (exact) mass is 352 g/mol. The minimum Gasteiger partial charge on any atom is -0.437 e. The van der Waals surface area contributed by atoms with E-state index in [0.29, 0.717) is 11.1 Å². The Morgan fingerprint density at radius 1 is 1.08 bits per heavy atom. The van der Waals surface area contributed by atoms with E-state index in [4.69, 9.17) is 4.42 Å². The molecule has 0 saturated heterocycles. The summed E-state index contributed by atoms with van der Waals surface area (Å²) >= 11 is 0. The maximum Gasteiger partial charge on any atom is 0.269 e. The van der Waals surface area contributed by atoms with Crippen molar-refractivity contribution in [3.63, 3.8) is 0 Å². The van der Waals surface area contributed by atoms with Gasteiger partial charge in [-0.1, -0.05) is 12.1 Å². The summed E-state index contributed by atoms with van der Waals surface area (Å²) in [6.45, 7) is 0. The standard InChI is InChI=1S/C17H12N4O5/c22-15(9-10-16-18-13-3-1-2-4-14(13)26-16)19-20-17(23)11-5-7-12(8-6-11)21(24)25/h1-10H,(H,19,22)(H,20,23). The number of hydrogen-bond donors (Lipinski definition) is 2. The van der Waals surface area contributed by atoms with Crippen molar-refractivity contribution in [2.75, 3.05) is 0 Å². The van der Waals surface area contributed by atoms with Crippen molar-refractivity contribution in [2.24, 2.45) is 0 Å². The second-order valence-corrected chi connectivity index (χ2v) is 5.10. The Morgan fingerprint density at radius 2 is 1.81 bits per heavy atom. The fourth-order valence-corrected chi connectivity index (χ4v) is 2.08. The molecule has 9 nitrogen and oxygen atoms in total. The number of oxazole rings is 1. The lowest BCUT2D eigenvalue weighted by atomic mass is 10.2. The summed E-state index contributed by atoms with van der Waals surface area (Å²) in [5, 5.41) is 10.6. The van der Waals surface area contributed by atoms with Crippen LogP contribution in [0.25, 0.3) is 17.2 Å². The van der Waals surface area contributed by atoms with Gasteiger partial charge in [0.05, 0.1) is 4.92 Å². The van der Waals surface area contributed by atoms with Crippen LogP contribution in [0.2, 0.25) is 0 Å². The van der Waals surface area contributed by atoms with Crippen molar-refractivity contribution in [2.45, 2.75) is 0 Å². The molecule has 0 aliphatic heterocycles. The van der Waals surface area contributed by atoms with E-state index in [-0.39, 0.29) is 17.1 Å². The van der Waals surface area contributed by atoms with Gasteiger partial charge in [0.2, 0.25) is 5.89 Å². The van der Waals surface area contributed by atoms with E-state index in [1.165, 1.54) is 30.3 Å². The van der Waals surface area contributed by atoms with Gasteiger partial charge < -0.3 is 4.42 Å². The molecule has 3 rings (SSSR count). The molecule has 2 amide bonds. The molecule has 0 fully saturated rings. The number of hydrazine groups is 1. The number of carbonyl (C=O) groups is 2. The van der Waals surface area contributed by atoms with E-state index in [9.17, 15) is 19.7 Å². The average Bonchev–Trinajstić information content (AvgIpc) is 3.07. The maximum atomic E-state index is 11.9. The summed E-state index contributed by atoms with van der Waals surface area (Å²) < 4.78 is 5.42. The molecule has 0 aliphatic carbocycles. The SMILES string of the molecule is O=C(C=Cc1nc2ccccc2o1)NNC(=O)c1ccc([N+](=O)[O-])cc1. The lowest BCUT2D eigenvalue weighted by Gasteiger charge is -2.04. The van der Waals surface area contributed by atoms with Crippen LogP contribution in [0.4, 0.5) is 5.69 Å². The lowest BCUT2D eigenvalue weighted by Crippen LogP contribution is -2.40. The van der Waals surface area contributed by atoms with Crippen LogP contribution in [-0.2, 0) is 4.79 Å². The fourth-order valence-electron chi connectivity index (χ4n) is 2.08. The highest BCUT2D eigenvalue weighted by atomic mass is 16.6. The number of nitro benzene ring substituents is 1. The number of carbonyl (C=O) groups excluding carboxylic acids is 2. The minimum absolute atomic E-state index is 0.133. The predicted molar refractivity (Wildman–Crippen MR) is 91.7 cm³/mol. The highest BCUT2D eigenvalue weighted by molar-refractivity contribution is 5.97. The number of amides is 2. The Kier molecular flexibility index (Phi) is 4.70. The van der Waals surface area contributed by atoms with Gasteiger partial charge in [-0.2, -0.15) is 0 Å². The van der Waals surface area contributed by atoms with Gasteiger partial charge in [0.15, 0.2) is 5.58 Å².